The van der Waals surface area contributed by atoms with Crippen LogP contribution in [0.4, 0.5) is 20.3 Å². The number of amides is 1. The molecule has 0 aliphatic carbocycles. The van der Waals surface area contributed by atoms with Crippen LogP contribution >= 0.6 is 15.9 Å². The van der Waals surface area contributed by atoms with E-state index in [9.17, 15) is 18.7 Å². The Bertz CT molecular complexity index is 1380. The number of likely N-dealkylation sites (tertiary alicyclic amines) is 1. The number of nitrogens with one attached hydrogen (secondary N) is 2. The number of para-hydroxylation sites is 1. The molecule has 3 heterocycles. The summed E-state index contributed by atoms with van der Waals surface area (Å²) < 4.78 is 26.8. The van der Waals surface area contributed by atoms with E-state index in [4.69, 9.17) is 0 Å². The van der Waals surface area contributed by atoms with Crippen LogP contribution in [0.5, 0.6) is 5.75 Å². The van der Waals surface area contributed by atoms with Gasteiger partial charge in [-0.05, 0) is 72.5 Å². The molecule has 1 aliphatic rings. The standard InChI is InChI=1S/C19H22BrN5O.C8H7F2NO/c1-24-8-4-5-13(12-24)10-21-18-9-16(14-6-2-3-7-17(14)26)23-19-15(20)11-22-25(18)19;9-8(10)6-2-1-3-7(4-6)11-5-12/h2-3,6-7,9,11,13,21,26H,4-5,8,10,12H2,1H3;1-5,8H,(H,11,12). The van der Waals surface area contributed by atoms with Gasteiger partial charge in [0.15, 0.2) is 5.65 Å². The van der Waals surface area contributed by atoms with Crippen LogP contribution in [-0.2, 0) is 4.79 Å². The largest absolute Gasteiger partial charge is 0.507 e. The Hall–Kier alpha value is -3.57. The summed E-state index contributed by atoms with van der Waals surface area (Å²) in [5.41, 5.74) is 2.45. The van der Waals surface area contributed by atoms with E-state index in [0.29, 0.717) is 23.6 Å². The van der Waals surface area contributed by atoms with E-state index in [1.54, 1.807) is 22.8 Å². The number of phenols is 1. The highest BCUT2D eigenvalue weighted by molar-refractivity contribution is 9.10. The predicted molar refractivity (Wildman–Crippen MR) is 148 cm³/mol. The molecule has 1 amide bonds. The zero-order chi connectivity index (χ0) is 27.1. The average Bonchev–Trinajstić information content (AvgIpc) is 3.29. The van der Waals surface area contributed by atoms with Gasteiger partial charge in [0, 0.05) is 36.0 Å². The number of rotatable bonds is 7. The monoisotopic (exact) mass is 586 g/mol. The molecule has 11 heteroatoms. The molecule has 8 nitrogen and oxygen atoms in total. The number of hydrogen-bond donors (Lipinski definition) is 3. The van der Waals surface area contributed by atoms with Crippen molar-refractivity contribution in [3.05, 3.63) is 70.8 Å². The fourth-order valence-corrected chi connectivity index (χ4v) is 4.76. The van der Waals surface area contributed by atoms with Crippen molar-refractivity contribution in [1.82, 2.24) is 19.5 Å². The molecular weight excluding hydrogens is 558 g/mol. The highest BCUT2D eigenvalue weighted by Gasteiger charge is 2.18. The molecule has 2 aromatic carbocycles. The number of aromatic nitrogens is 3. The van der Waals surface area contributed by atoms with Crippen LogP contribution in [0, 0.1) is 5.92 Å². The lowest BCUT2D eigenvalue weighted by Crippen LogP contribution is -2.35. The van der Waals surface area contributed by atoms with Gasteiger partial charge in [-0.3, -0.25) is 4.79 Å². The molecule has 1 aliphatic heterocycles. The number of anilines is 2. The summed E-state index contributed by atoms with van der Waals surface area (Å²) in [6, 6.07) is 14.8. The molecule has 2 aromatic heterocycles. The molecule has 3 N–H and O–H groups in total. The van der Waals surface area contributed by atoms with Gasteiger partial charge >= 0.3 is 0 Å². The third-order valence-corrected chi connectivity index (χ3v) is 6.83. The Balaban J connectivity index is 0.000000236. The summed E-state index contributed by atoms with van der Waals surface area (Å²) in [4.78, 5) is 17.0. The number of halogens is 3. The van der Waals surface area contributed by atoms with Crippen molar-refractivity contribution in [2.24, 2.45) is 5.92 Å². The van der Waals surface area contributed by atoms with Gasteiger partial charge in [-0.1, -0.05) is 24.3 Å². The van der Waals surface area contributed by atoms with Crippen LogP contribution in [0.25, 0.3) is 16.9 Å². The van der Waals surface area contributed by atoms with Gasteiger partial charge in [0.2, 0.25) is 6.41 Å². The number of phenolic OH excluding ortho intramolecular Hbond substituents is 1. The lowest BCUT2D eigenvalue weighted by Gasteiger charge is -2.30. The first-order valence-corrected chi connectivity index (χ1v) is 13.0. The number of piperidine rings is 1. The minimum atomic E-state index is -2.50. The highest BCUT2D eigenvalue weighted by atomic mass is 79.9. The third kappa shape index (κ3) is 6.84. The second kappa shape index (κ2) is 12.8. The van der Waals surface area contributed by atoms with Gasteiger partial charge in [0.05, 0.1) is 16.4 Å². The molecule has 0 bridgehead atoms. The number of carbonyl (C=O) groups excluding carboxylic acids is 1. The summed E-state index contributed by atoms with van der Waals surface area (Å²) in [6.07, 6.45) is 2.17. The lowest BCUT2D eigenvalue weighted by molar-refractivity contribution is -0.105. The van der Waals surface area contributed by atoms with Crippen LogP contribution < -0.4 is 10.6 Å². The summed E-state index contributed by atoms with van der Waals surface area (Å²) in [6.45, 7) is 3.18. The first-order valence-electron chi connectivity index (χ1n) is 12.2. The third-order valence-electron chi connectivity index (χ3n) is 6.27. The lowest BCUT2D eigenvalue weighted by atomic mass is 9.98. The molecule has 1 unspecified atom stereocenters. The molecule has 0 radical (unpaired) electrons. The van der Waals surface area contributed by atoms with Crippen LogP contribution in [0.2, 0.25) is 0 Å². The van der Waals surface area contributed by atoms with E-state index in [2.05, 4.69) is 48.6 Å². The molecule has 38 heavy (non-hydrogen) atoms. The van der Waals surface area contributed by atoms with Gasteiger partial charge in [-0.25, -0.2) is 13.8 Å². The van der Waals surface area contributed by atoms with Crippen molar-refractivity contribution >= 4 is 39.5 Å². The van der Waals surface area contributed by atoms with Crippen molar-refractivity contribution in [1.29, 1.82) is 0 Å². The molecule has 1 atom stereocenters. The summed E-state index contributed by atoms with van der Waals surface area (Å²) in [5.74, 6) is 1.72. The van der Waals surface area contributed by atoms with Gasteiger partial charge < -0.3 is 20.6 Å². The van der Waals surface area contributed by atoms with Gasteiger partial charge in [0.1, 0.15) is 11.6 Å². The van der Waals surface area contributed by atoms with E-state index in [-0.39, 0.29) is 11.3 Å². The van der Waals surface area contributed by atoms with Crippen molar-refractivity contribution in [3.8, 4) is 17.0 Å². The Morgan fingerprint density at radius 2 is 2.03 bits per heavy atom. The van der Waals surface area contributed by atoms with Crippen molar-refractivity contribution in [2.45, 2.75) is 19.3 Å². The van der Waals surface area contributed by atoms with E-state index in [0.717, 1.165) is 34.7 Å². The molecule has 200 valence electrons. The maximum atomic E-state index is 12.1. The Kier molecular flexibility index (Phi) is 9.24. The summed E-state index contributed by atoms with van der Waals surface area (Å²) in [7, 11) is 2.18. The first-order chi connectivity index (χ1) is 18.4. The predicted octanol–water partition coefficient (Wildman–Crippen LogP) is 5.81. The fourth-order valence-electron chi connectivity index (χ4n) is 4.41. The minimum absolute atomic E-state index is 0.0955. The fraction of sp³-hybridized carbons (Fsp3) is 0.296. The van der Waals surface area contributed by atoms with E-state index in [1.807, 2.05) is 24.3 Å². The van der Waals surface area contributed by atoms with Crippen LogP contribution in [0.1, 0.15) is 24.8 Å². The van der Waals surface area contributed by atoms with Crippen LogP contribution in [-0.4, -0.2) is 57.7 Å². The number of alkyl halides is 2. The molecule has 5 rings (SSSR count). The zero-order valence-electron chi connectivity index (χ0n) is 20.8. The zero-order valence-corrected chi connectivity index (χ0v) is 22.4. The smallest absolute Gasteiger partial charge is 0.263 e. The topological polar surface area (TPSA) is 94.8 Å². The molecule has 1 saturated heterocycles. The van der Waals surface area contributed by atoms with E-state index in [1.165, 1.54) is 37.6 Å². The molecule has 0 spiro atoms. The number of fused-ring (bicyclic) bond motifs is 1. The number of aromatic hydroxyl groups is 1. The molecular formula is C27H29BrF2N6O2. The van der Waals surface area contributed by atoms with Crippen LogP contribution in [0.3, 0.4) is 0 Å². The quantitative estimate of drug-likeness (QED) is 0.236. The van der Waals surface area contributed by atoms with Gasteiger partial charge in [0.25, 0.3) is 6.43 Å². The second-order valence-corrected chi connectivity index (χ2v) is 9.97. The Morgan fingerprint density at radius 1 is 1.21 bits per heavy atom. The normalized spacial score (nSPS) is 15.7. The number of carbonyl (C=O) groups is 1. The van der Waals surface area contributed by atoms with Gasteiger partial charge in [-0.15, -0.1) is 0 Å². The first kappa shape index (κ1) is 27.5. The number of nitrogens with zero attached hydrogens (tertiary/aromatic N) is 4. The SMILES string of the molecule is CN1CCCC(CNc2cc(-c3ccccc3O)nc3c(Br)cnn23)C1.O=CNc1cccc(C(F)F)c1. The van der Waals surface area contributed by atoms with Crippen LogP contribution in [0.15, 0.2) is 65.3 Å². The summed E-state index contributed by atoms with van der Waals surface area (Å²) >= 11 is 3.52. The van der Waals surface area contributed by atoms with E-state index >= 15 is 0 Å². The number of benzene rings is 2. The molecule has 4 aromatic rings. The van der Waals surface area contributed by atoms with Crippen molar-refractivity contribution < 1.29 is 18.7 Å². The highest BCUT2D eigenvalue weighted by Crippen LogP contribution is 2.31. The van der Waals surface area contributed by atoms with Crippen molar-refractivity contribution in [3.63, 3.8) is 0 Å². The Labute approximate surface area is 227 Å². The molecule has 1 fully saturated rings. The maximum absolute atomic E-state index is 12.1. The Morgan fingerprint density at radius 3 is 2.76 bits per heavy atom. The maximum Gasteiger partial charge on any atom is 0.263 e. The summed E-state index contributed by atoms with van der Waals surface area (Å²) in [5, 5.41) is 20.5. The van der Waals surface area contributed by atoms with Crippen molar-refractivity contribution in [2.75, 3.05) is 37.3 Å². The average molecular weight is 587 g/mol. The second-order valence-electron chi connectivity index (χ2n) is 9.11. The molecule has 0 saturated carbocycles. The number of hydrogen-bond acceptors (Lipinski definition) is 6. The van der Waals surface area contributed by atoms with E-state index < -0.39 is 6.43 Å². The minimum Gasteiger partial charge on any atom is -0.507 e. The van der Waals surface area contributed by atoms with Gasteiger partial charge in [-0.2, -0.15) is 9.61 Å².